The minimum atomic E-state index is 0.0561. The minimum absolute atomic E-state index is 0.0561. The number of aromatic nitrogens is 1. The monoisotopic (exact) mass is 259 g/mol. The summed E-state index contributed by atoms with van der Waals surface area (Å²) in [4.78, 5) is 14.9. The Kier molecular flexibility index (Phi) is 4.58. The summed E-state index contributed by atoms with van der Waals surface area (Å²) in [6.07, 6.45) is 4.34. The molecule has 4 N–H and O–H groups in total. The minimum Gasteiger partial charge on any atom is -0.361 e. The van der Waals surface area contributed by atoms with Crippen molar-refractivity contribution in [3.05, 3.63) is 36.0 Å². The molecule has 0 fully saturated rings. The Morgan fingerprint density at radius 2 is 2.21 bits per heavy atom. The highest BCUT2D eigenvalue weighted by Crippen LogP contribution is 2.19. The molecule has 19 heavy (non-hydrogen) atoms. The molecule has 0 aliphatic rings. The first-order valence-corrected chi connectivity index (χ1v) is 6.75. The number of hydrogen-bond acceptors (Lipinski definition) is 2. The fraction of sp³-hybridized carbons (Fsp3) is 0.400. The van der Waals surface area contributed by atoms with Crippen LogP contribution in [0.15, 0.2) is 30.5 Å². The molecule has 2 aromatic rings. The zero-order valence-electron chi connectivity index (χ0n) is 11.3. The first-order chi connectivity index (χ1) is 9.20. The van der Waals surface area contributed by atoms with Crippen molar-refractivity contribution in [1.82, 2.24) is 10.3 Å². The zero-order chi connectivity index (χ0) is 13.7. The standard InChI is InChI=1S/C15H21N3O/c1-11(9-16)18-15(19)8-4-5-12-10-17-14-7-3-2-6-13(12)14/h2-3,6-7,10-11,17H,4-5,8-9,16H2,1H3,(H,18,19). The van der Waals surface area contributed by atoms with Gasteiger partial charge in [0.25, 0.3) is 0 Å². The largest absolute Gasteiger partial charge is 0.361 e. The molecule has 1 aromatic heterocycles. The van der Waals surface area contributed by atoms with Crippen molar-refractivity contribution < 1.29 is 4.79 Å². The van der Waals surface area contributed by atoms with Gasteiger partial charge in [-0.25, -0.2) is 0 Å². The van der Waals surface area contributed by atoms with E-state index in [1.54, 1.807) is 0 Å². The molecule has 4 nitrogen and oxygen atoms in total. The number of carbonyl (C=O) groups is 1. The summed E-state index contributed by atoms with van der Waals surface area (Å²) >= 11 is 0. The lowest BCUT2D eigenvalue weighted by Crippen LogP contribution is -2.37. The highest BCUT2D eigenvalue weighted by Gasteiger charge is 2.07. The first kappa shape index (κ1) is 13.6. The number of rotatable bonds is 6. The lowest BCUT2D eigenvalue weighted by atomic mass is 10.1. The van der Waals surface area contributed by atoms with Crippen molar-refractivity contribution >= 4 is 16.8 Å². The van der Waals surface area contributed by atoms with Gasteiger partial charge in [0.05, 0.1) is 0 Å². The third kappa shape index (κ3) is 3.58. The number of aryl methyl sites for hydroxylation is 1. The van der Waals surface area contributed by atoms with Crippen LogP contribution in [0.4, 0.5) is 0 Å². The summed E-state index contributed by atoms with van der Waals surface area (Å²) in [7, 11) is 0. The summed E-state index contributed by atoms with van der Waals surface area (Å²) in [6, 6.07) is 8.28. The lowest BCUT2D eigenvalue weighted by molar-refractivity contribution is -0.121. The number of nitrogens with two attached hydrogens (primary N) is 1. The molecule has 0 aliphatic heterocycles. The normalized spacial score (nSPS) is 12.5. The number of carbonyl (C=O) groups excluding carboxylic acids is 1. The number of aromatic amines is 1. The van der Waals surface area contributed by atoms with E-state index >= 15 is 0 Å². The van der Waals surface area contributed by atoms with E-state index in [-0.39, 0.29) is 11.9 Å². The Balaban J connectivity index is 1.84. The molecular weight excluding hydrogens is 238 g/mol. The molecule has 0 spiro atoms. The number of amides is 1. The van der Waals surface area contributed by atoms with Gasteiger partial charge in [0.15, 0.2) is 0 Å². The third-order valence-corrected chi connectivity index (χ3v) is 3.29. The van der Waals surface area contributed by atoms with Gasteiger partial charge < -0.3 is 16.0 Å². The predicted octanol–water partition coefficient (Wildman–Crippen LogP) is 1.95. The Bertz CT molecular complexity index is 547. The van der Waals surface area contributed by atoms with Gasteiger partial charge in [0.2, 0.25) is 5.91 Å². The van der Waals surface area contributed by atoms with Crippen molar-refractivity contribution in [2.24, 2.45) is 5.73 Å². The summed E-state index contributed by atoms with van der Waals surface area (Å²) in [5.41, 5.74) is 7.89. The molecule has 1 heterocycles. The topological polar surface area (TPSA) is 70.9 Å². The molecule has 1 unspecified atom stereocenters. The van der Waals surface area contributed by atoms with Crippen LogP contribution in [0.5, 0.6) is 0 Å². The van der Waals surface area contributed by atoms with E-state index in [1.165, 1.54) is 10.9 Å². The summed E-state index contributed by atoms with van der Waals surface area (Å²) < 4.78 is 0. The molecule has 0 bridgehead atoms. The second-order valence-electron chi connectivity index (χ2n) is 4.92. The second kappa shape index (κ2) is 6.38. The van der Waals surface area contributed by atoms with Gasteiger partial charge in [-0.05, 0) is 31.4 Å². The average molecular weight is 259 g/mol. The van der Waals surface area contributed by atoms with Crippen LogP contribution >= 0.6 is 0 Å². The van der Waals surface area contributed by atoms with Crippen molar-refractivity contribution in [3.63, 3.8) is 0 Å². The van der Waals surface area contributed by atoms with Crippen molar-refractivity contribution in [2.45, 2.75) is 32.2 Å². The van der Waals surface area contributed by atoms with Crippen LogP contribution in [0.1, 0.15) is 25.3 Å². The maximum atomic E-state index is 11.6. The van der Waals surface area contributed by atoms with Crippen LogP contribution in [0, 0.1) is 0 Å². The van der Waals surface area contributed by atoms with Gasteiger partial charge in [-0.2, -0.15) is 0 Å². The van der Waals surface area contributed by atoms with E-state index in [1.807, 2.05) is 25.3 Å². The first-order valence-electron chi connectivity index (χ1n) is 6.75. The second-order valence-corrected chi connectivity index (χ2v) is 4.92. The van der Waals surface area contributed by atoms with Crippen molar-refractivity contribution in [2.75, 3.05) is 6.54 Å². The van der Waals surface area contributed by atoms with Crippen LogP contribution in [0.2, 0.25) is 0 Å². The molecule has 2 rings (SSSR count). The van der Waals surface area contributed by atoms with Gasteiger partial charge >= 0.3 is 0 Å². The smallest absolute Gasteiger partial charge is 0.220 e. The van der Waals surface area contributed by atoms with E-state index < -0.39 is 0 Å². The molecule has 0 saturated carbocycles. The fourth-order valence-corrected chi connectivity index (χ4v) is 2.18. The van der Waals surface area contributed by atoms with Crippen LogP contribution in [-0.2, 0) is 11.2 Å². The highest BCUT2D eigenvalue weighted by atomic mass is 16.1. The predicted molar refractivity (Wildman–Crippen MR) is 77.9 cm³/mol. The zero-order valence-corrected chi connectivity index (χ0v) is 11.3. The molecular formula is C15H21N3O. The van der Waals surface area contributed by atoms with Crippen LogP contribution in [-0.4, -0.2) is 23.5 Å². The molecule has 102 valence electrons. The summed E-state index contributed by atoms with van der Waals surface area (Å²) in [6.45, 7) is 2.39. The maximum absolute atomic E-state index is 11.6. The SMILES string of the molecule is CC(CN)NC(=O)CCCc1c[nH]c2ccccc12. The van der Waals surface area contributed by atoms with E-state index in [9.17, 15) is 4.79 Å². The quantitative estimate of drug-likeness (QED) is 0.742. The van der Waals surface area contributed by atoms with E-state index in [4.69, 9.17) is 5.73 Å². The van der Waals surface area contributed by atoms with Crippen molar-refractivity contribution in [3.8, 4) is 0 Å². The number of para-hydroxylation sites is 1. The number of H-pyrrole nitrogens is 1. The number of fused-ring (bicyclic) bond motifs is 1. The molecule has 0 aliphatic carbocycles. The van der Waals surface area contributed by atoms with Gasteiger partial charge in [0, 0.05) is 36.1 Å². The Morgan fingerprint density at radius 3 is 3.00 bits per heavy atom. The van der Waals surface area contributed by atoms with Crippen LogP contribution in [0.25, 0.3) is 10.9 Å². The maximum Gasteiger partial charge on any atom is 0.220 e. The molecule has 0 radical (unpaired) electrons. The molecule has 1 amide bonds. The molecule has 4 heteroatoms. The van der Waals surface area contributed by atoms with E-state index in [0.29, 0.717) is 13.0 Å². The summed E-state index contributed by atoms with van der Waals surface area (Å²) in [5.74, 6) is 0.0813. The third-order valence-electron chi connectivity index (χ3n) is 3.29. The van der Waals surface area contributed by atoms with Crippen LogP contribution < -0.4 is 11.1 Å². The van der Waals surface area contributed by atoms with Gasteiger partial charge in [-0.15, -0.1) is 0 Å². The van der Waals surface area contributed by atoms with Gasteiger partial charge in [0.1, 0.15) is 0 Å². The Morgan fingerprint density at radius 1 is 1.42 bits per heavy atom. The van der Waals surface area contributed by atoms with Crippen LogP contribution in [0.3, 0.4) is 0 Å². The summed E-state index contributed by atoms with van der Waals surface area (Å²) in [5, 5.41) is 4.12. The Hall–Kier alpha value is -1.81. The molecule has 1 aromatic carbocycles. The average Bonchev–Trinajstić information content (AvgIpc) is 2.82. The van der Waals surface area contributed by atoms with E-state index in [0.717, 1.165) is 18.4 Å². The number of nitrogens with one attached hydrogen (secondary N) is 2. The van der Waals surface area contributed by atoms with Crippen molar-refractivity contribution in [1.29, 1.82) is 0 Å². The molecule has 1 atom stereocenters. The lowest BCUT2D eigenvalue weighted by Gasteiger charge is -2.10. The fourth-order valence-electron chi connectivity index (χ4n) is 2.18. The van der Waals surface area contributed by atoms with Gasteiger partial charge in [-0.1, -0.05) is 18.2 Å². The van der Waals surface area contributed by atoms with Gasteiger partial charge in [-0.3, -0.25) is 4.79 Å². The Labute approximate surface area is 113 Å². The van der Waals surface area contributed by atoms with E-state index in [2.05, 4.69) is 22.4 Å². The molecule has 0 saturated heterocycles. The number of hydrogen-bond donors (Lipinski definition) is 3. The highest BCUT2D eigenvalue weighted by molar-refractivity contribution is 5.83. The number of benzene rings is 1.